The van der Waals surface area contributed by atoms with Crippen LogP contribution in [0.15, 0.2) is 0 Å². The molecule has 0 spiro atoms. The van der Waals surface area contributed by atoms with E-state index in [0.29, 0.717) is 0 Å². The molecule has 0 amide bonds. The highest BCUT2D eigenvalue weighted by Gasteiger charge is 2.39. The topological polar surface area (TPSA) is 35.2 Å². The first-order valence-electron chi connectivity index (χ1n) is 6.04. The molecule has 0 aromatic carbocycles. The van der Waals surface area contributed by atoms with Gasteiger partial charge in [0.25, 0.3) is 0 Å². The predicted molar refractivity (Wildman–Crippen MR) is 60.3 cm³/mol. The van der Waals surface area contributed by atoms with Crippen LogP contribution in [0.5, 0.6) is 0 Å². The van der Waals surface area contributed by atoms with Gasteiger partial charge >= 0.3 is 0 Å². The molecule has 84 valence electrons. The lowest BCUT2D eigenvalue weighted by Crippen LogP contribution is -2.51. The minimum absolute atomic E-state index is 0.00396. The summed E-state index contributed by atoms with van der Waals surface area (Å²) in [5, 5.41) is 0. The van der Waals surface area contributed by atoms with Crippen LogP contribution in [-0.4, -0.2) is 18.2 Å². The Morgan fingerprint density at radius 2 is 1.93 bits per heavy atom. The van der Waals surface area contributed by atoms with E-state index in [1.54, 1.807) is 0 Å². The van der Waals surface area contributed by atoms with E-state index in [0.717, 1.165) is 31.8 Å². The zero-order valence-electron chi connectivity index (χ0n) is 9.88. The molecule has 0 saturated heterocycles. The summed E-state index contributed by atoms with van der Waals surface area (Å²) in [6.45, 7) is 7.35. The Hall–Kier alpha value is -0.0800. The maximum atomic E-state index is 6.19. The molecule has 1 atom stereocenters. The minimum Gasteiger partial charge on any atom is -0.374 e. The largest absolute Gasteiger partial charge is 0.374 e. The van der Waals surface area contributed by atoms with Gasteiger partial charge < -0.3 is 10.5 Å². The number of ether oxygens (including phenoxy) is 1. The van der Waals surface area contributed by atoms with Crippen molar-refractivity contribution in [2.45, 2.75) is 64.5 Å². The first kappa shape index (κ1) is 12.0. The fraction of sp³-hybridized carbons (Fsp3) is 1.00. The van der Waals surface area contributed by atoms with Crippen LogP contribution in [0.3, 0.4) is 0 Å². The van der Waals surface area contributed by atoms with Crippen LogP contribution in [0.2, 0.25) is 0 Å². The van der Waals surface area contributed by atoms with Gasteiger partial charge in [0.05, 0.1) is 5.60 Å². The van der Waals surface area contributed by atoms with Crippen molar-refractivity contribution >= 4 is 0 Å². The second-order valence-electron chi connectivity index (χ2n) is 4.70. The molecule has 0 aliphatic heterocycles. The highest BCUT2D eigenvalue weighted by atomic mass is 16.5. The third-order valence-corrected chi connectivity index (χ3v) is 3.67. The predicted octanol–water partition coefficient (Wildman–Crippen LogP) is 2.71. The van der Waals surface area contributed by atoms with E-state index in [9.17, 15) is 0 Å². The van der Waals surface area contributed by atoms with Crippen molar-refractivity contribution < 1.29 is 4.74 Å². The van der Waals surface area contributed by atoms with Gasteiger partial charge in [-0.15, -0.1) is 0 Å². The van der Waals surface area contributed by atoms with Gasteiger partial charge in [0, 0.05) is 12.6 Å². The van der Waals surface area contributed by atoms with Gasteiger partial charge in [0.2, 0.25) is 0 Å². The second-order valence-corrected chi connectivity index (χ2v) is 4.70. The molecule has 0 unspecified atom stereocenters. The highest BCUT2D eigenvalue weighted by molar-refractivity contribution is 4.94. The van der Waals surface area contributed by atoms with E-state index in [4.69, 9.17) is 10.5 Å². The fourth-order valence-electron chi connectivity index (χ4n) is 2.53. The lowest BCUT2D eigenvalue weighted by atomic mass is 9.75. The zero-order valence-corrected chi connectivity index (χ0v) is 9.88. The maximum Gasteiger partial charge on any atom is 0.0832 e. The third kappa shape index (κ3) is 2.48. The molecule has 1 rings (SSSR count). The maximum absolute atomic E-state index is 6.19. The van der Waals surface area contributed by atoms with Gasteiger partial charge in [-0.3, -0.25) is 0 Å². The molecular weight excluding hydrogens is 174 g/mol. The minimum atomic E-state index is -0.00396. The van der Waals surface area contributed by atoms with Gasteiger partial charge in [0.1, 0.15) is 0 Å². The van der Waals surface area contributed by atoms with Crippen molar-refractivity contribution in [3.8, 4) is 0 Å². The molecule has 0 bridgehead atoms. The molecule has 0 aromatic rings. The van der Waals surface area contributed by atoms with Crippen LogP contribution < -0.4 is 5.73 Å². The van der Waals surface area contributed by atoms with E-state index < -0.39 is 0 Å². The summed E-state index contributed by atoms with van der Waals surface area (Å²) >= 11 is 0. The lowest BCUT2D eigenvalue weighted by Gasteiger charge is -2.43. The Morgan fingerprint density at radius 1 is 1.36 bits per heavy atom. The molecule has 1 aliphatic carbocycles. The van der Waals surface area contributed by atoms with Gasteiger partial charge in [0.15, 0.2) is 0 Å². The lowest BCUT2D eigenvalue weighted by molar-refractivity contribution is -0.0890. The zero-order chi connectivity index (χ0) is 10.6. The van der Waals surface area contributed by atoms with Crippen LogP contribution in [0, 0.1) is 5.92 Å². The van der Waals surface area contributed by atoms with Crippen LogP contribution >= 0.6 is 0 Å². The normalized spacial score (nSPS) is 35.6. The first-order chi connectivity index (χ1) is 6.64. The average molecular weight is 199 g/mol. The Bertz CT molecular complexity index is 162. The van der Waals surface area contributed by atoms with Crippen molar-refractivity contribution in [1.82, 2.24) is 0 Å². The quantitative estimate of drug-likeness (QED) is 0.755. The average Bonchev–Trinajstić information content (AvgIpc) is 2.21. The van der Waals surface area contributed by atoms with E-state index in [1.165, 1.54) is 12.8 Å². The molecule has 1 fully saturated rings. The number of hydrogen-bond acceptors (Lipinski definition) is 2. The fourth-order valence-corrected chi connectivity index (χ4v) is 2.53. The summed E-state index contributed by atoms with van der Waals surface area (Å²) in [5.41, 5.74) is 6.19. The Balaban J connectivity index is 2.62. The van der Waals surface area contributed by atoms with Crippen molar-refractivity contribution in [3.63, 3.8) is 0 Å². The molecule has 2 N–H and O–H groups in total. The van der Waals surface area contributed by atoms with Crippen molar-refractivity contribution in [2.24, 2.45) is 11.7 Å². The smallest absolute Gasteiger partial charge is 0.0832 e. The summed E-state index contributed by atoms with van der Waals surface area (Å²) in [7, 11) is 0. The SMILES string of the molecule is CCOC1([C@@H](N)CC)CCC(C)CC1. The van der Waals surface area contributed by atoms with Crippen LogP contribution in [0.4, 0.5) is 0 Å². The first-order valence-corrected chi connectivity index (χ1v) is 6.04. The van der Waals surface area contributed by atoms with Gasteiger partial charge in [-0.05, 0) is 44.9 Å². The van der Waals surface area contributed by atoms with E-state index in [-0.39, 0.29) is 11.6 Å². The summed E-state index contributed by atoms with van der Waals surface area (Å²) in [4.78, 5) is 0. The summed E-state index contributed by atoms with van der Waals surface area (Å²) in [5.74, 6) is 0.854. The van der Waals surface area contributed by atoms with Crippen molar-refractivity contribution in [3.05, 3.63) is 0 Å². The van der Waals surface area contributed by atoms with Crippen LogP contribution in [0.1, 0.15) is 52.9 Å². The van der Waals surface area contributed by atoms with Crippen LogP contribution in [-0.2, 0) is 4.74 Å². The molecule has 2 heteroatoms. The summed E-state index contributed by atoms with van der Waals surface area (Å²) in [6.07, 6.45) is 5.86. The molecule has 1 aliphatic rings. The standard InChI is InChI=1S/C12H25NO/c1-4-11(13)12(14-5-2)8-6-10(3)7-9-12/h10-11H,4-9,13H2,1-3H3/t10?,11-,12?/m0/s1. The Morgan fingerprint density at radius 3 is 2.36 bits per heavy atom. The molecule has 0 aromatic heterocycles. The van der Waals surface area contributed by atoms with E-state index in [2.05, 4.69) is 20.8 Å². The summed E-state index contributed by atoms with van der Waals surface area (Å²) < 4.78 is 5.95. The van der Waals surface area contributed by atoms with Gasteiger partial charge in [-0.1, -0.05) is 13.8 Å². The van der Waals surface area contributed by atoms with Crippen molar-refractivity contribution in [2.75, 3.05) is 6.61 Å². The van der Waals surface area contributed by atoms with Crippen molar-refractivity contribution in [1.29, 1.82) is 0 Å². The molecule has 0 heterocycles. The number of nitrogens with two attached hydrogens (primary N) is 1. The molecule has 0 radical (unpaired) electrons. The monoisotopic (exact) mass is 199 g/mol. The van der Waals surface area contributed by atoms with E-state index in [1.807, 2.05) is 0 Å². The molecule has 14 heavy (non-hydrogen) atoms. The van der Waals surface area contributed by atoms with Crippen LogP contribution in [0.25, 0.3) is 0 Å². The highest BCUT2D eigenvalue weighted by Crippen LogP contribution is 2.37. The number of rotatable bonds is 4. The Labute approximate surface area is 88.2 Å². The second kappa shape index (κ2) is 5.13. The Kier molecular flexibility index (Phi) is 4.39. The third-order valence-electron chi connectivity index (χ3n) is 3.67. The molecular formula is C12H25NO. The number of hydrogen-bond donors (Lipinski definition) is 1. The van der Waals surface area contributed by atoms with Gasteiger partial charge in [-0.2, -0.15) is 0 Å². The van der Waals surface area contributed by atoms with E-state index >= 15 is 0 Å². The molecule has 1 saturated carbocycles. The van der Waals surface area contributed by atoms with Gasteiger partial charge in [-0.25, -0.2) is 0 Å². The summed E-state index contributed by atoms with van der Waals surface area (Å²) in [6, 6.07) is 0.218. The molecule has 2 nitrogen and oxygen atoms in total.